The van der Waals surface area contributed by atoms with Gasteiger partial charge in [0.1, 0.15) is 6.04 Å². The smallest absolute Gasteiger partial charge is 0.262 e. The van der Waals surface area contributed by atoms with E-state index in [4.69, 9.17) is 0 Å². The molecule has 0 aromatic carbocycles. The first-order chi connectivity index (χ1) is 12.7. The zero-order chi connectivity index (χ0) is 20.0. The van der Waals surface area contributed by atoms with E-state index in [1.54, 1.807) is 12.1 Å². The maximum absolute atomic E-state index is 12.7. The normalized spacial score (nSPS) is 17.6. The van der Waals surface area contributed by atoms with E-state index in [0.717, 1.165) is 0 Å². The summed E-state index contributed by atoms with van der Waals surface area (Å²) in [5.41, 5.74) is 0. The van der Waals surface area contributed by atoms with E-state index in [0.29, 0.717) is 37.2 Å². The Morgan fingerprint density at radius 1 is 1.30 bits per heavy atom. The zero-order valence-electron chi connectivity index (χ0n) is 16.1. The van der Waals surface area contributed by atoms with Crippen LogP contribution in [0.1, 0.15) is 49.7 Å². The van der Waals surface area contributed by atoms with Crippen LogP contribution in [0.25, 0.3) is 0 Å². The Hall–Kier alpha value is -1.45. The number of nitrogens with zero attached hydrogens (tertiary/aromatic N) is 1. The van der Waals surface area contributed by atoms with Gasteiger partial charge in [-0.3, -0.25) is 9.59 Å². The first-order valence-electron chi connectivity index (χ1n) is 9.37. The summed E-state index contributed by atoms with van der Waals surface area (Å²) in [4.78, 5) is 25.5. The molecule has 1 unspecified atom stereocenters. The molecule has 0 saturated carbocycles. The van der Waals surface area contributed by atoms with Crippen LogP contribution in [-0.4, -0.2) is 55.5 Å². The lowest BCUT2D eigenvalue weighted by atomic mass is 10.0. The van der Waals surface area contributed by atoms with Crippen molar-refractivity contribution in [3.05, 3.63) is 22.4 Å². The van der Waals surface area contributed by atoms with Gasteiger partial charge in [-0.05, 0) is 36.6 Å². The minimum Gasteiger partial charge on any atom is -0.351 e. The van der Waals surface area contributed by atoms with Gasteiger partial charge in [-0.1, -0.05) is 26.8 Å². The predicted octanol–water partition coefficient (Wildman–Crippen LogP) is 1.82. The third kappa shape index (κ3) is 6.02. The van der Waals surface area contributed by atoms with Crippen molar-refractivity contribution in [3.8, 4) is 0 Å². The molecular weight excluding hydrogens is 386 g/mol. The van der Waals surface area contributed by atoms with Gasteiger partial charge < -0.3 is 10.6 Å². The van der Waals surface area contributed by atoms with Crippen molar-refractivity contribution in [1.29, 1.82) is 0 Å². The fraction of sp³-hybridized carbons (Fsp3) is 0.667. The quantitative estimate of drug-likeness (QED) is 0.677. The van der Waals surface area contributed by atoms with Crippen molar-refractivity contribution in [2.45, 2.75) is 52.1 Å². The number of carbonyl (C=O) groups is 2. The molecule has 1 aromatic rings. The highest BCUT2D eigenvalue weighted by Gasteiger charge is 2.31. The van der Waals surface area contributed by atoms with Crippen molar-refractivity contribution >= 4 is 33.2 Å². The molecule has 0 aliphatic carbocycles. The molecule has 7 nitrogen and oxygen atoms in total. The van der Waals surface area contributed by atoms with Crippen LogP contribution in [0.15, 0.2) is 17.5 Å². The van der Waals surface area contributed by atoms with Crippen LogP contribution >= 0.6 is 11.3 Å². The molecular formula is C18H29N3O4S2. The van der Waals surface area contributed by atoms with E-state index in [9.17, 15) is 18.0 Å². The average molecular weight is 416 g/mol. The van der Waals surface area contributed by atoms with Gasteiger partial charge in [-0.25, -0.2) is 12.7 Å². The van der Waals surface area contributed by atoms with Crippen LogP contribution in [0.5, 0.6) is 0 Å². The highest BCUT2D eigenvalue weighted by Crippen LogP contribution is 2.16. The van der Waals surface area contributed by atoms with Crippen molar-refractivity contribution < 1.29 is 18.0 Å². The molecule has 0 spiro atoms. The SMILES string of the molecule is CCCS(=O)(=O)N1CCC(NC(=O)C(NC(=O)c2cccs2)C(C)C)CC1. The van der Waals surface area contributed by atoms with E-state index < -0.39 is 16.1 Å². The molecule has 0 bridgehead atoms. The van der Waals surface area contributed by atoms with Crippen LogP contribution in [0.3, 0.4) is 0 Å². The van der Waals surface area contributed by atoms with Crippen molar-refractivity contribution in [2.24, 2.45) is 5.92 Å². The molecule has 2 amide bonds. The summed E-state index contributed by atoms with van der Waals surface area (Å²) in [6, 6.07) is 2.82. The van der Waals surface area contributed by atoms with E-state index in [1.807, 2.05) is 26.2 Å². The summed E-state index contributed by atoms with van der Waals surface area (Å²) in [6.07, 6.45) is 1.76. The fourth-order valence-corrected chi connectivity index (χ4v) is 5.28. The molecule has 152 valence electrons. The molecule has 1 fully saturated rings. The molecule has 1 aliphatic heterocycles. The van der Waals surface area contributed by atoms with Gasteiger partial charge in [-0.15, -0.1) is 11.3 Å². The Kier molecular flexibility index (Phi) is 7.81. The number of carbonyl (C=O) groups excluding carboxylic acids is 2. The standard InChI is InChI=1S/C18H29N3O4S2/c1-4-12-27(24,25)21-9-7-14(8-10-21)19-18(23)16(13(2)3)20-17(22)15-6-5-11-26-15/h5-6,11,13-14,16H,4,7-10,12H2,1-3H3,(H,19,23)(H,20,22). The highest BCUT2D eigenvalue weighted by molar-refractivity contribution is 7.89. The Morgan fingerprint density at radius 3 is 2.48 bits per heavy atom. The largest absolute Gasteiger partial charge is 0.351 e. The summed E-state index contributed by atoms with van der Waals surface area (Å²) in [6.45, 7) is 6.46. The summed E-state index contributed by atoms with van der Waals surface area (Å²) in [5.74, 6) is -0.364. The third-order valence-electron chi connectivity index (χ3n) is 4.64. The number of amides is 2. The maximum Gasteiger partial charge on any atom is 0.262 e. The van der Waals surface area contributed by atoms with Gasteiger partial charge in [0.2, 0.25) is 15.9 Å². The fourth-order valence-electron chi connectivity index (χ4n) is 3.11. The number of thiophene rings is 1. The number of sulfonamides is 1. The van der Waals surface area contributed by atoms with Gasteiger partial charge in [0.15, 0.2) is 0 Å². The van der Waals surface area contributed by atoms with E-state index in [-0.39, 0.29) is 29.5 Å². The van der Waals surface area contributed by atoms with Gasteiger partial charge in [0, 0.05) is 19.1 Å². The minimum atomic E-state index is -3.19. The second kappa shape index (κ2) is 9.66. The third-order valence-corrected chi connectivity index (χ3v) is 7.58. The van der Waals surface area contributed by atoms with Crippen LogP contribution in [0.4, 0.5) is 0 Å². The van der Waals surface area contributed by atoms with Gasteiger partial charge in [0.05, 0.1) is 10.6 Å². The summed E-state index contributed by atoms with van der Waals surface area (Å²) in [5, 5.41) is 7.61. The topological polar surface area (TPSA) is 95.6 Å². The number of piperidine rings is 1. The number of hydrogen-bond donors (Lipinski definition) is 2. The second-order valence-electron chi connectivity index (χ2n) is 7.17. The molecule has 1 saturated heterocycles. The first kappa shape index (κ1) is 21.8. The lowest BCUT2D eigenvalue weighted by Gasteiger charge is -2.33. The lowest BCUT2D eigenvalue weighted by molar-refractivity contribution is -0.124. The summed E-state index contributed by atoms with van der Waals surface area (Å²) < 4.78 is 25.8. The van der Waals surface area contributed by atoms with Crippen LogP contribution in [0, 0.1) is 5.92 Å². The van der Waals surface area contributed by atoms with E-state index >= 15 is 0 Å². The molecule has 2 rings (SSSR count). The highest BCUT2D eigenvalue weighted by atomic mass is 32.2. The predicted molar refractivity (Wildman–Crippen MR) is 107 cm³/mol. The molecule has 0 radical (unpaired) electrons. The molecule has 2 heterocycles. The molecule has 27 heavy (non-hydrogen) atoms. The zero-order valence-corrected chi connectivity index (χ0v) is 17.7. The van der Waals surface area contributed by atoms with Gasteiger partial charge in [0.25, 0.3) is 5.91 Å². The Labute approximate surface area is 165 Å². The number of nitrogens with one attached hydrogen (secondary N) is 2. The minimum absolute atomic E-state index is 0.0565. The molecule has 1 aliphatic rings. The van der Waals surface area contributed by atoms with E-state index in [1.165, 1.54) is 15.6 Å². The Bertz CT molecular complexity index is 724. The van der Waals surface area contributed by atoms with Crippen LogP contribution in [0.2, 0.25) is 0 Å². The Balaban J connectivity index is 1.90. The van der Waals surface area contributed by atoms with Crippen molar-refractivity contribution in [3.63, 3.8) is 0 Å². The van der Waals surface area contributed by atoms with Gasteiger partial charge in [-0.2, -0.15) is 0 Å². The van der Waals surface area contributed by atoms with Crippen molar-refractivity contribution in [2.75, 3.05) is 18.8 Å². The second-order valence-corrected chi connectivity index (χ2v) is 10.2. The number of hydrogen-bond acceptors (Lipinski definition) is 5. The van der Waals surface area contributed by atoms with Crippen molar-refractivity contribution in [1.82, 2.24) is 14.9 Å². The van der Waals surface area contributed by atoms with Crippen LogP contribution in [-0.2, 0) is 14.8 Å². The Morgan fingerprint density at radius 2 is 1.96 bits per heavy atom. The summed E-state index contributed by atoms with van der Waals surface area (Å²) in [7, 11) is -3.19. The average Bonchev–Trinajstić information content (AvgIpc) is 3.14. The van der Waals surface area contributed by atoms with E-state index in [2.05, 4.69) is 10.6 Å². The maximum atomic E-state index is 12.7. The molecule has 2 N–H and O–H groups in total. The van der Waals surface area contributed by atoms with Gasteiger partial charge >= 0.3 is 0 Å². The lowest BCUT2D eigenvalue weighted by Crippen LogP contribution is -2.54. The molecule has 1 atom stereocenters. The van der Waals surface area contributed by atoms with Crippen LogP contribution < -0.4 is 10.6 Å². The molecule has 9 heteroatoms. The first-order valence-corrected chi connectivity index (χ1v) is 11.9. The number of rotatable bonds is 8. The summed E-state index contributed by atoms with van der Waals surface area (Å²) >= 11 is 1.33. The molecule has 1 aromatic heterocycles. The monoisotopic (exact) mass is 415 g/mol.